The zero-order valence-corrected chi connectivity index (χ0v) is 7.06. The van der Waals surface area contributed by atoms with Crippen LogP contribution >= 0.6 is 0 Å². The fraction of sp³-hybridized carbons (Fsp3) is 0.125. The molecular formula is C8H6As. The molecule has 1 heterocycles. The van der Waals surface area contributed by atoms with E-state index in [9.17, 15) is 0 Å². The van der Waals surface area contributed by atoms with Crippen LogP contribution in [0.5, 0.6) is 0 Å². The van der Waals surface area contributed by atoms with Gasteiger partial charge in [-0.05, 0) is 0 Å². The average Bonchev–Trinajstić information content (AvgIpc) is 2.35. The summed E-state index contributed by atoms with van der Waals surface area (Å²) >= 11 is 0.264. The van der Waals surface area contributed by atoms with E-state index in [0.717, 1.165) is 0 Å². The molecule has 9 heavy (non-hydrogen) atoms. The molecule has 0 amide bonds. The molecular weight excluding hydrogens is 171 g/mol. The van der Waals surface area contributed by atoms with Gasteiger partial charge in [-0.2, -0.15) is 0 Å². The first-order chi connectivity index (χ1) is 4.38. The van der Waals surface area contributed by atoms with Crippen LogP contribution in [0.4, 0.5) is 0 Å². The van der Waals surface area contributed by atoms with E-state index in [2.05, 4.69) is 30.0 Å². The zero-order chi connectivity index (χ0) is 6.27. The fourth-order valence-corrected chi connectivity index (χ4v) is 2.82. The predicted octanol–water partition coefficient (Wildman–Crippen LogP) is 1.08. The molecule has 2 rings (SSSR count). The Kier molecular flexibility index (Phi) is 1.10. The molecule has 0 N–H and O–H groups in total. The van der Waals surface area contributed by atoms with Gasteiger partial charge in [-0.25, -0.2) is 0 Å². The third kappa shape index (κ3) is 0.702. The molecule has 0 spiro atoms. The van der Waals surface area contributed by atoms with Crippen LogP contribution in [0.1, 0.15) is 6.92 Å². The van der Waals surface area contributed by atoms with Crippen molar-refractivity contribution >= 4 is 19.6 Å². The third-order valence-corrected chi connectivity index (χ3v) is 3.85. The molecule has 0 bridgehead atoms. The molecule has 0 unspecified atom stereocenters. The molecule has 0 nitrogen and oxygen atoms in total. The summed E-state index contributed by atoms with van der Waals surface area (Å²) in [6, 6.07) is 0. The second-order valence-corrected chi connectivity index (χ2v) is 4.15. The first kappa shape index (κ1) is 5.43. The normalized spacial score (nSPS) is 23.0. The van der Waals surface area contributed by atoms with Gasteiger partial charge in [0.15, 0.2) is 0 Å². The van der Waals surface area contributed by atoms with E-state index in [1.165, 1.54) is 11.1 Å². The molecule has 2 aliphatic rings. The van der Waals surface area contributed by atoms with Crippen LogP contribution in [0.25, 0.3) is 0 Å². The Bertz CT molecular complexity index is 264. The molecule has 0 aromatic carbocycles. The van der Waals surface area contributed by atoms with Gasteiger partial charge in [-0.1, -0.05) is 0 Å². The number of hydrogen-bond acceptors (Lipinski definition) is 0. The van der Waals surface area contributed by atoms with Crippen LogP contribution in [0.2, 0.25) is 0 Å². The maximum absolute atomic E-state index is 3.28. The number of hydrogen-bond donors (Lipinski definition) is 0. The van der Waals surface area contributed by atoms with E-state index >= 15 is 0 Å². The second kappa shape index (κ2) is 1.81. The maximum atomic E-state index is 3.28. The van der Waals surface area contributed by atoms with Gasteiger partial charge in [0.1, 0.15) is 0 Å². The molecule has 0 fully saturated rings. The SMILES string of the molecule is CC1=CC=C2C=[C][As]=C12. The van der Waals surface area contributed by atoms with Crippen molar-refractivity contribution in [2.45, 2.75) is 6.92 Å². The third-order valence-electron chi connectivity index (χ3n) is 1.56. The molecule has 43 valence electrons. The molecule has 1 aliphatic heterocycles. The average molecular weight is 177 g/mol. The quantitative estimate of drug-likeness (QED) is 0.485. The van der Waals surface area contributed by atoms with E-state index in [1.54, 1.807) is 4.30 Å². The summed E-state index contributed by atoms with van der Waals surface area (Å²) in [5.41, 5.74) is 2.86. The Hall–Kier alpha value is -0.352. The van der Waals surface area contributed by atoms with Crippen LogP contribution in [0.15, 0.2) is 29.4 Å². The minimum absolute atomic E-state index is 0.264. The first-order valence-electron chi connectivity index (χ1n) is 2.94. The van der Waals surface area contributed by atoms with Gasteiger partial charge in [0.2, 0.25) is 0 Å². The summed E-state index contributed by atoms with van der Waals surface area (Å²) in [7, 11) is 0. The summed E-state index contributed by atoms with van der Waals surface area (Å²) in [5, 5.41) is 0. The van der Waals surface area contributed by atoms with Gasteiger partial charge < -0.3 is 0 Å². The Labute approximate surface area is 61.2 Å². The molecule has 0 atom stereocenters. The molecule has 0 aromatic heterocycles. The Morgan fingerprint density at radius 3 is 3.11 bits per heavy atom. The van der Waals surface area contributed by atoms with Crippen LogP contribution in [0.3, 0.4) is 0 Å². The first-order valence-corrected chi connectivity index (χ1v) is 4.81. The van der Waals surface area contributed by atoms with E-state index < -0.39 is 0 Å². The van der Waals surface area contributed by atoms with E-state index in [0.29, 0.717) is 0 Å². The van der Waals surface area contributed by atoms with E-state index in [1.807, 2.05) is 0 Å². The summed E-state index contributed by atoms with van der Waals surface area (Å²) < 4.78 is 1.56. The molecule has 0 saturated heterocycles. The topological polar surface area (TPSA) is 0 Å². The summed E-state index contributed by atoms with van der Waals surface area (Å²) in [6.07, 6.45) is 6.49. The van der Waals surface area contributed by atoms with E-state index in [4.69, 9.17) is 0 Å². The van der Waals surface area contributed by atoms with Crippen molar-refractivity contribution in [1.29, 1.82) is 0 Å². The molecule has 1 radical (unpaired) electrons. The van der Waals surface area contributed by atoms with Gasteiger partial charge in [0.25, 0.3) is 0 Å². The van der Waals surface area contributed by atoms with Gasteiger partial charge >= 0.3 is 60.8 Å². The number of fused-ring (bicyclic) bond motifs is 1. The van der Waals surface area contributed by atoms with E-state index in [-0.39, 0.29) is 15.3 Å². The second-order valence-electron chi connectivity index (χ2n) is 2.21. The van der Waals surface area contributed by atoms with Crippen LogP contribution in [-0.2, 0) is 0 Å². The minimum atomic E-state index is 0.264. The van der Waals surface area contributed by atoms with Gasteiger partial charge in [-0.3, -0.25) is 0 Å². The molecule has 1 aliphatic carbocycles. The Morgan fingerprint density at radius 2 is 2.33 bits per heavy atom. The van der Waals surface area contributed by atoms with Crippen molar-refractivity contribution in [3.63, 3.8) is 0 Å². The van der Waals surface area contributed by atoms with Crippen LogP contribution in [-0.4, -0.2) is 19.6 Å². The molecule has 1 heteroatoms. The summed E-state index contributed by atoms with van der Waals surface area (Å²) in [4.78, 5) is 3.28. The van der Waals surface area contributed by atoms with Crippen molar-refractivity contribution in [2.24, 2.45) is 0 Å². The fourth-order valence-electron chi connectivity index (χ4n) is 1.04. The van der Waals surface area contributed by atoms with Crippen molar-refractivity contribution in [3.8, 4) is 0 Å². The van der Waals surface area contributed by atoms with Crippen molar-refractivity contribution in [1.82, 2.24) is 0 Å². The van der Waals surface area contributed by atoms with Gasteiger partial charge in [0, 0.05) is 0 Å². The number of rotatable bonds is 0. The summed E-state index contributed by atoms with van der Waals surface area (Å²) in [5.74, 6) is 0. The van der Waals surface area contributed by atoms with Crippen LogP contribution < -0.4 is 0 Å². The molecule has 0 saturated carbocycles. The zero-order valence-electron chi connectivity index (χ0n) is 5.18. The van der Waals surface area contributed by atoms with Crippen molar-refractivity contribution < 1.29 is 0 Å². The Balaban J connectivity index is 2.53. The standard InChI is InChI=1S/C8H6As/c1-6-2-3-7-4-5-9-8(6)7/h2-4H,1H3. The Morgan fingerprint density at radius 1 is 1.44 bits per heavy atom. The van der Waals surface area contributed by atoms with Gasteiger partial charge in [-0.15, -0.1) is 0 Å². The molecule has 0 aromatic rings. The van der Waals surface area contributed by atoms with Crippen molar-refractivity contribution in [3.05, 3.63) is 34.2 Å². The van der Waals surface area contributed by atoms with Crippen molar-refractivity contribution in [2.75, 3.05) is 0 Å². The summed E-state index contributed by atoms with van der Waals surface area (Å²) in [6.45, 7) is 2.18. The monoisotopic (exact) mass is 177 g/mol. The van der Waals surface area contributed by atoms with Gasteiger partial charge in [0.05, 0.1) is 0 Å². The predicted molar refractivity (Wildman–Crippen MR) is 40.4 cm³/mol. The number of allylic oxidation sites excluding steroid dienone is 5. The van der Waals surface area contributed by atoms with Crippen LogP contribution in [0, 0.1) is 4.86 Å².